The SMILES string of the molecule is NCCc1c(-c2ccccc2)nc2sccn12. The lowest BCUT2D eigenvalue weighted by atomic mass is 10.1. The number of aromatic nitrogens is 2. The smallest absolute Gasteiger partial charge is 0.194 e. The van der Waals surface area contributed by atoms with Crippen LogP contribution in [0.1, 0.15) is 5.69 Å². The molecule has 2 N–H and O–H groups in total. The summed E-state index contributed by atoms with van der Waals surface area (Å²) in [6, 6.07) is 10.3. The Morgan fingerprint density at radius 1 is 1.24 bits per heavy atom. The molecule has 17 heavy (non-hydrogen) atoms. The van der Waals surface area contributed by atoms with Crippen LogP contribution in [-0.4, -0.2) is 15.9 Å². The van der Waals surface area contributed by atoms with Crippen molar-refractivity contribution in [2.75, 3.05) is 6.54 Å². The summed E-state index contributed by atoms with van der Waals surface area (Å²) in [4.78, 5) is 5.72. The van der Waals surface area contributed by atoms with Gasteiger partial charge >= 0.3 is 0 Å². The lowest BCUT2D eigenvalue weighted by Crippen LogP contribution is -2.05. The van der Waals surface area contributed by atoms with Crippen LogP contribution in [0.25, 0.3) is 16.2 Å². The molecule has 0 atom stereocenters. The molecule has 1 aromatic carbocycles. The third-order valence-electron chi connectivity index (χ3n) is 2.79. The van der Waals surface area contributed by atoms with Crippen LogP contribution in [-0.2, 0) is 6.42 Å². The van der Waals surface area contributed by atoms with E-state index in [2.05, 4.69) is 33.1 Å². The highest BCUT2D eigenvalue weighted by atomic mass is 32.1. The van der Waals surface area contributed by atoms with Crippen molar-refractivity contribution in [1.82, 2.24) is 9.38 Å². The van der Waals surface area contributed by atoms with Crippen LogP contribution in [0.4, 0.5) is 0 Å². The van der Waals surface area contributed by atoms with Gasteiger partial charge in [0.1, 0.15) is 0 Å². The maximum absolute atomic E-state index is 5.69. The zero-order valence-corrected chi connectivity index (χ0v) is 10.2. The minimum Gasteiger partial charge on any atom is -0.330 e. The Labute approximate surface area is 104 Å². The number of hydrogen-bond acceptors (Lipinski definition) is 3. The van der Waals surface area contributed by atoms with Gasteiger partial charge in [-0.1, -0.05) is 30.3 Å². The summed E-state index contributed by atoms with van der Waals surface area (Å²) in [5.41, 5.74) is 9.11. The predicted molar refractivity (Wildman–Crippen MR) is 71.3 cm³/mol. The quantitative estimate of drug-likeness (QED) is 0.768. The molecule has 0 radical (unpaired) electrons. The van der Waals surface area contributed by atoms with Crippen LogP contribution in [0.15, 0.2) is 41.9 Å². The van der Waals surface area contributed by atoms with Crippen molar-refractivity contribution in [2.45, 2.75) is 6.42 Å². The largest absolute Gasteiger partial charge is 0.330 e. The van der Waals surface area contributed by atoms with E-state index in [0.717, 1.165) is 22.6 Å². The van der Waals surface area contributed by atoms with E-state index in [1.54, 1.807) is 11.3 Å². The second kappa shape index (κ2) is 4.31. The number of nitrogens with two attached hydrogens (primary N) is 1. The molecule has 0 bridgehead atoms. The predicted octanol–water partition coefficient (Wildman–Crippen LogP) is 2.56. The van der Waals surface area contributed by atoms with Gasteiger partial charge in [0.15, 0.2) is 4.96 Å². The van der Waals surface area contributed by atoms with E-state index in [0.29, 0.717) is 6.54 Å². The zero-order valence-electron chi connectivity index (χ0n) is 9.34. The van der Waals surface area contributed by atoms with E-state index in [1.165, 1.54) is 5.69 Å². The molecular weight excluding hydrogens is 230 g/mol. The summed E-state index contributed by atoms with van der Waals surface area (Å²) in [5.74, 6) is 0. The van der Waals surface area contributed by atoms with E-state index in [1.807, 2.05) is 18.2 Å². The highest BCUT2D eigenvalue weighted by Crippen LogP contribution is 2.26. The topological polar surface area (TPSA) is 43.3 Å². The van der Waals surface area contributed by atoms with Gasteiger partial charge in [-0.25, -0.2) is 4.98 Å². The van der Waals surface area contributed by atoms with Crippen molar-refractivity contribution in [3.63, 3.8) is 0 Å². The molecule has 0 spiro atoms. The first-order valence-corrected chi connectivity index (χ1v) is 6.48. The van der Waals surface area contributed by atoms with E-state index in [9.17, 15) is 0 Å². The zero-order chi connectivity index (χ0) is 11.7. The second-order valence-corrected chi connectivity index (χ2v) is 4.74. The minimum atomic E-state index is 0.642. The first-order valence-electron chi connectivity index (χ1n) is 5.60. The lowest BCUT2D eigenvalue weighted by molar-refractivity contribution is 0.911. The molecule has 0 saturated heterocycles. The highest BCUT2D eigenvalue weighted by Gasteiger charge is 2.13. The van der Waals surface area contributed by atoms with Crippen molar-refractivity contribution in [3.05, 3.63) is 47.6 Å². The fraction of sp³-hybridized carbons (Fsp3) is 0.154. The van der Waals surface area contributed by atoms with Gasteiger partial charge in [-0.05, 0) is 6.54 Å². The Morgan fingerprint density at radius 2 is 2.06 bits per heavy atom. The van der Waals surface area contributed by atoms with Crippen molar-refractivity contribution in [2.24, 2.45) is 5.73 Å². The van der Waals surface area contributed by atoms with Crippen molar-refractivity contribution >= 4 is 16.3 Å². The summed E-state index contributed by atoms with van der Waals surface area (Å²) in [6.45, 7) is 0.642. The van der Waals surface area contributed by atoms with E-state index in [-0.39, 0.29) is 0 Å². The standard InChI is InChI=1S/C13H13N3S/c14-7-6-11-12(10-4-2-1-3-5-10)15-13-16(11)8-9-17-13/h1-5,8-9H,6-7,14H2. The number of nitrogens with zero attached hydrogens (tertiary/aromatic N) is 2. The van der Waals surface area contributed by atoms with Gasteiger partial charge in [0.2, 0.25) is 0 Å². The summed E-state index contributed by atoms with van der Waals surface area (Å²) in [6.07, 6.45) is 2.91. The Kier molecular flexibility index (Phi) is 2.66. The Hall–Kier alpha value is -1.65. The summed E-state index contributed by atoms with van der Waals surface area (Å²) < 4.78 is 2.14. The number of fused-ring (bicyclic) bond motifs is 1. The van der Waals surface area contributed by atoms with Gasteiger partial charge in [0.05, 0.1) is 11.4 Å². The number of hydrogen-bond donors (Lipinski definition) is 1. The fourth-order valence-corrected chi connectivity index (χ4v) is 2.77. The number of thiazole rings is 1. The number of rotatable bonds is 3. The molecular formula is C13H13N3S. The Balaban J connectivity index is 2.21. The molecule has 2 aromatic heterocycles. The molecule has 3 rings (SSSR count). The van der Waals surface area contributed by atoms with Gasteiger partial charge in [-0.15, -0.1) is 11.3 Å². The van der Waals surface area contributed by atoms with Crippen LogP contribution >= 0.6 is 11.3 Å². The van der Waals surface area contributed by atoms with Crippen LogP contribution in [0, 0.1) is 0 Å². The molecule has 86 valence electrons. The average molecular weight is 243 g/mol. The van der Waals surface area contributed by atoms with Crippen molar-refractivity contribution in [3.8, 4) is 11.3 Å². The van der Waals surface area contributed by atoms with Crippen LogP contribution in [0.5, 0.6) is 0 Å². The van der Waals surface area contributed by atoms with Crippen LogP contribution in [0.3, 0.4) is 0 Å². The maximum Gasteiger partial charge on any atom is 0.194 e. The molecule has 0 saturated carbocycles. The maximum atomic E-state index is 5.69. The van der Waals surface area contributed by atoms with Gasteiger partial charge < -0.3 is 5.73 Å². The minimum absolute atomic E-state index is 0.642. The third-order valence-corrected chi connectivity index (χ3v) is 3.55. The molecule has 0 fully saturated rings. The van der Waals surface area contributed by atoms with Gasteiger partial charge in [-0.3, -0.25) is 4.40 Å². The third kappa shape index (κ3) is 1.75. The summed E-state index contributed by atoms with van der Waals surface area (Å²) >= 11 is 1.65. The van der Waals surface area contributed by atoms with Gasteiger partial charge in [-0.2, -0.15) is 0 Å². The van der Waals surface area contributed by atoms with Crippen molar-refractivity contribution < 1.29 is 0 Å². The molecule has 0 aliphatic heterocycles. The summed E-state index contributed by atoms with van der Waals surface area (Å²) in [7, 11) is 0. The van der Waals surface area contributed by atoms with Crippen LogP contribution in [0.2, 0.25) is 0 Å². The summed E-state index contributed by atoms with van der Waals surface area (Å²) in [5, 5.41) is 2.05. The molecule has 0 unspecified atom stereocenters. The first kappa shape index (κ1) is 10.5. The fourth-order valence-electron chi connectivity index (χ4n) is 2.04. The second-order valence-electron chi connectivity index (χ2n) is 3.87. The molecule has 3 aromatic rings. The number of imidazole rings is 1. The molecule has 0 aliphatic rings. The molecule has 0 amide bonds. The van der Waals surface area contributed by atoms with Gasteiger partial charge in [0.25, 0.3) is 0 Å². The number of benzene rings is 1. The van der Waals surface area contributed by atoms with E-state index >= 15 is 0 Å². The van der Waals surface area contributed by atoms with Crippen LogP contribution < -0.4 is 5.73 Å². The normalized spacial score (nSPS) is 11.1. The highest BCUT2D eigenvalue weighted by molar-refractivity contribution is 7.15. The molecule has 4 heteroatoms. The Bertz CT molecular complexity index is 624. The molecule has 0 aliphatic carbocycles. The van der Waals surface area contributed by atoms with Gasteiger partial charge in [0, 0.05) is 23.6 Å². The lowest BCUT2D eigenvalue weighted by Gasteiger charge is -2.02. The van der Waals surface area contributed by atoms with E-state index < -0.39 is 0 Å². The monoisotopic (exact) mass is 243 g/mol. The molecule has 3 nitrogen and oxygen atoms in total. The molecule has 2 heterocycles. The average Bonchev–Trinajstić information content (AvgIpc) is 2.93. The first-order chi connectivity index (χ1) is 8.40. The van der Waals surface area contributed by atoms with E-state index in [4.69, 9.17) is 5.73 Å². The van der Waals surface area contributed by atoms with Crippen molar-refractivity contribution in [1.29, 1.82) is 0 Å². The Morgan fingerprint density at radius 3 is 2.82 bits per heavy atom.